The van der Waals surface area contributed by atoms with Crippen LogP contribution >= 0.6 is 11.6 Å². The van der Waals surface area contributed by atoms with Gasteiger partial charge in [-0.1, -0.05) is 29.8 Å². The number of para-hydroxylation sites is 1. The number of rotatable bonds is 3. The summed E-state index contributed by atoms with van der Waals surface area (Å²) < 4.78 is 13.7. The fraction of sp³-hybridized carbons (Fsp3) is 0.222. The van der Waals surface area contributed by atoms with Crippen LogP contribution in [0.25, 0.3) is 0 Å². The zero-order valence-electron chi connectivity index (χ0n) is 13.3. The first-order valence-corrected chi connectivity index (χ1v) is 8.31. The van der Waals surface area contributed by atoms with Crippen LogP contribution in [0.2, 0.25) is 5.02 Å². The Morgan fingerprint density at radius 1 is 1.12 bits per heavy atom. The lowest BCUT2D eigenvalue weighted by Crippen LogP contribution is -2.45. The number of amides is 3. The first kappa shape index (κ1) is 17.2. The van der Waals surface area contributed by atoms with Crippen LogP contribution in [0.1, 0.15) is 12.8 Å². The Bertz CT molecular complexity index is 799. The Balaban J connectivity index is 1.68. The van der Waals surface area contributed by atoms with E-state index in [0.29, 0.717) is 30.1 Å². The van der Waals surface area contributed by atoms with Crippen LogP contribution in [0, 0.1) is 5.82 Å². The largest absolute Gasteiger partial charge is 0.322 e. The number of carbonyl (C=O) groups is 2. The standard InChI is InChI=1S/C18H17ClFN3O2/c19-12-5-3-6-13(11-12)21-18(25)23-10-4-9-16(23)17(24)22-15-8-2-1-7-14(15)20/h1-3,5-8,11,16H,4,9-10H2,(H,21,25)(H,22,24)/t16-/m0/s1. The molecule has 1 saturated heterocycles. The van der Waals surface area contributed by atoms with Crippen molar-refractivity contribution in [2.24, 2.45) is 0 Å². The van der Waals surface area contributed by atoms with Gasteiger partial charge < -0.3 is 15.5 Å². The Labute approximate surface area is 149 Å². The van der Waals surface area contributed by atoms with Gasteiger partial charge in [0.15, 0.2) is 0 Å². The van der Waals surface area contributed by atoms with Crippen LogP contribution in [-0.2, 0) is 4.79 Å². The van der Waals surface area contributed by atoms with E-state index in [9.17, 15) is 14.0 Å². The number of anilines is 2. The molecule has 0 unspecified atom stereocenters. The molecule has 3 rings (SSSR count). The van der Waals surface area contributed by atoms with Gasteiger partial charge in [-0.05, 0) is 43.2 Å². The highest BCUT2D eigenvalue weighted by molar-refractivity contribution is 6.30. The van der Waals surface area contributed by atoms with Crippen molar-refractivity contribution in [3.05, 3.63) is 59.4 Å². The average Bonchev–Trinajstić information content (AvgIpc) is 3.07. The van der Waals surface area contributed by atoms with Crippen molar-refractivity contribution in [1.29, 1.82) is 0 Å². The summed E-state index contributed by atoms with van der Waals surface area (Å²) in [5.74, 6) is -0.910. The third-order valence-corrected chi connectivity index (χ3v) is 4.26. The number of hydrogen-bond donors (Lipinski definition) is 2. The number of nitrogens with zero attached hydrogens (tertiary/aromatic N) is 1. The molecule has 1 aliphatic rings. The number of nitrogens with one attached hydrogen (secondary N) is 2. The van der Waals surface area contributed by atoms with Gasteiger partial charge in [0.25, 0.3) is 0 Å². The molecule has 1 heterocycles. The molecule has 0 spiro atoms. The summed E-state index contributed by atoms with van der Waals surface area (Å²) in [6.07, 6.45) is 1.24. The quantitative estimate of drug-likeness (QED) is 0.864. The van der Waals surface area contributed by atoms with Gasteiger partial charge in [0.1, 0.15) is 11.9 Å². The van der Waals surface area contributed by atoms with E-state index >= 15 is 0 Å². The summed E-state index contributed by atoms with van der Waals surface area (Å²) in [7, 11) is 0. The van der Waals surface area contributed by atoms with E-state index < -0.39 is 17.8 Å². The number of carbonyl (C=O) groups excluding carboxylic acids is 2. The number of likely N-dealkylation sites (tertiary alicyclic amines) is 1. The highest BCUT2D eigenvalue weighted by atomic mass is 35.5. The third-order valence-electron chi connectivity index (χ3n) is 4.02. The second-order valence-electron chi connectivity index (χ2n) is 5.76. The summed E-state index contributed by atoms with van der Waals surface area (Å²) in [6.45, 7) is 0.460. The van der Waals surface area contributed by atoms with Gasteiger partial charge in [-0.3, -0.25) is 4.79 Å². The fourth-order valence-corrected chi connectivity index (χ4v) is 3.01. The Morgan fingerprint density at radius 2 is 1.92 bits per heavy atom. The van der Waals surface area contributed by atoms with Gasteiger partial charge in [-0.15, -0.1) is 0 Å². The summed E-state index contributed by atoms with van der Waals surface area (Å²) in [6, 6.07) is 11.7. The van der Waals surface area contributed by atoms with Gasteiger partial charge >= 0.3 is 6.03 Å². The minimum absolute atomic E-state index is 0.106. The monoisotopic (exact) mass is 361 g/mol. The van der Waals surface area contributed by atoms with Crippen molar-refractivity contribution in [1.82, 2.24) is 4.90 Å². The van der Waals surface area contributed by atoms with Gasteiger partial charge in [-0.2, -0.15) is 0 Å². The molecule has 2 aromatic rings. The predicted octanol–water partition coefficient (Wildman–Crippen LogP) is 4.11. The topological polar surface area (TPSA) is 61.4 Å². The van der Waals surface area contributed by atoms with Crippen LogP contribution in [0.4, 0.5) is 20.6 Å². The highest BCUT2D eigenvalue weighted by Crippen LogP contribution is 2.22. The van der Waals surface area contributed by atoms with Gasteiger partial charge in [0.05, 0.1) is 5.69 Å². The van der Waals surface area contributed by atoms with Gasteiger partial charge in [0.2, 0.25) is 5.91 Å². The van der Waals surface area contributed by atoms with E-state index in [1.54, 1.807) is 36.4 Å². The minimum atomic E-state index is -0.640. The summed E-state index contributed by atoms with van der Waals surface area (Å²) in [4.78, 5) is 26.4. The van der Waals surface area contributed by atoms with E-state index in [4.69, 9.17) is 11.6 Å². The maximum Gasteiger partial charge on any atom is 0.322 e. The molecular formula is C18H17ClFN3O2. The summed E-state index contributed by atoms with van der Waals surface area (Å²) >= 11 is 5.91. The van der Waals surface area contributed by atoms with Crippen LogP contribution < -0.4 is 10.6 Å². The molecule has 0 aliphatic carbocycles. The lowest BCUT2D eigenvalue weighted by molar-refractivity contribution is -0.119. The van der Waals surface area contributed by atoms with E-state index in [1.807, 2.05) is 0 Å². The normalized spacial score (nSPS) is 16.6. The molecule has 1 fully saturated rings. The second kappa shape index (κ2) is 7.53. The van der Waals surface area contributed by atoms with E-state index in [0.717, 1.165) is 0 Å². The van der Waals surface area contributed by atoms with Crippen molar-refractivity contribution in [2.45, 2.75) is 18.9 Å². The molecule has 1 atom stereocenters. The van der Waals surface area contributed by atoms with Crippen LogP contribution in [0.3, 0.4) is 0 Å². The SMILES string of the molecule is O=C(Nc1ccccc1F)[C@@H]1CCCN1C(=O)Nc1cccc(Cl)c1. The van der Waals surface area contributed by atoms with Crippen molar-refractivity contribution >= 4 is 34.9 Å². The smallest absolute Gasteiger partial charge is 0.322 e. The second-order valence-corrected chi connectivity index (χ2v) is 6.20. The maximum atomic E-state index is 13.7. The van der Waals surface area contributed by atoms with E-state index in [-0.39, 0.29) is 11.7 Å². The Morgan fingerprint density at radius 3 is 2.68 bits per heavy atom. The lowest BCUT2D eigenvalue weighted by Gasteiger charge is -2.24. The number of benzene rings is 2. The lowest BCUT2D eigenvalue weighted by atomic mass is 10.2. The average molecular weight is 362 g/mol. The summed E-state index contributed by atoms with van der Waals surface area (Å²) in [5.41, 5.74) is 0.660. The molecule has 130 valence electrons. The molecular weight excluding hydrogens is 345 g/mol. The van der Waals surface area contributed by atoms with Crippen molar-refractivity contribution < 1.29 is 14.0 Å². The predicted molar refractivity (Wildman–Crippen MR) is 95.2 cm³/mol. The first-order valence-electron chi connectivity index (χ1n) is 7.93. The number of urea groups is 1. The molecule has 1 aliphatic heterocycles. The molecule has 25 heavy (non-hydrogen) atoms. The van der Waals surface area contributed by atoms with E-state index in [1.165, 1.54) is 17.0 Å². The van der Waals surface area contributed by atoms with Crippen LogP contribution in [0.5, 0.6) is 0 Å². The maximum absolute atomic E-state index is 13.7. The number of hydrogen-bond acceptors (Lipinski definition) is 2. The molecule has 2 aromatic carbocycles. The summed E-state index contributed by atoms with van der Waals surface area (Å²) in [5, 5.41) is 5.79. The highest BCUT2D eigenvalue weighted by Gasteiger charge is 2.34. The molecule has 0 bridgehead atoms. The molecule has 5 nitrogen and oxygen atoms in total. The third kappa shape index (κ3) is 4.09. The molecule has 3 amide bonds. The Hall–Kier alpha value is -2.60. The van der Waals surface area contributed by atoms with Gasteiger partial charge in [-0.25, -0.2) is 9.18 Å². The van der Waals surface area contributed by atoms with Crippen molar-refractivity contribution in [2.75, 3.05) is 17.2 Å². The molecule has 0 saturated carbocycles. The first-order chi connectivity index (χ1) is 12.0. The molecule has 7 heteroatoms. The van der Waals surface area contributed by atoms with Crippen LogP contribution in [-0.4, -0.2) is 29.4 Å². The fourth-order valence-electron chi connectivity index (χ4n) is 2.82. The minimum Gasteiger partial charge on any atom is -0.322 e. The molecule has 0 radical (unpaired) electrons. The van der Waals surface area contributed by atoms with Crippen molar-refractivity contribution in [3.8, 4) is 0 Å². The Kier molecular flexibility index (Phi) is 5.19. The molecule has 2 N–H and O–H groups in total. The zero-order chi connectivity index (χ0) is 17.8. The molecule has 0 aromatic heterocycles. The van der Waals surface area contributed by atoms with Crippen molar-refractivity contribution in [3.63, 3.8) is 0 Å². The zero-order valence-corrected chi connectivity index (χ0v) is 14.1. The van der Waals surface area contributed by atoms with E-state index in [2.05, 4.69) is 10.6 Å². The van der Waals surface area contributed by atoms with Gasteiger partial charge in [0, 0.05) is 17.3 Å². The number of halogens is 2. The van der Waals surface area contributed by atoms with Crippen LogP contribution in [0.15, 0.2) is 48.5 Å².